The predicted molar refractivity (Wildman–Crippen MR) is 147 cm³/mol. The van der Waals surface area contributed by atoms with Gasteiger partial charge in [0.1, 0.15) is 17.2 Å². The van der Waals surface area contributed by atoms with E-state index >= 15 is 0 Å². The Bertz CT molecular complexity index is 1650. The molecular weight excluding hydrogens is 497 g/mol. The third-order valence-electron chi connectivity index (χ3n) is 6.74. The third kappa shape index (κ3) is 4.99. The number of aryl methyl sites for hydroxylation is 1. The van der Waals surface area contributed by atoms with Gasteiger partial charge in [0.15, 0.2) is 0 Å². The number of amides is 4. The van der Waals surface area contributed by atoms with Crippen molar-refractivity contribution in [1.82, 2.24) is 15.5 Å². The van der Waals surface area contributed by atoms with Gasteiger partial charge in [0.05, 0.1) is 12.1 Å². The Morgan fingerprint density at radius 2 is 1.77 bits per heavy atom. The van der Waals surface area contributed by atoms with Crippen LogP contribution in [0.4, 0.5) is 9.18 Å². The zero-order valence-electron chi connectivity index (χ0n) is 21.5. The quantitative estimate of drug-likeness (QED) is 0.326. The summed E-state index contributed by atoms with van der Waals surface area (Å²) in [7, 11) is 1.53. The fourth-order valence-electron chi connectivity index (χ4n) is 4.59. The molecule has 0 unspecified atom stereocenters. The number of hydrogen-bond acceptors (Lipinski definition) is 4. The Hall–Kier alpha value is -4.90. The smallest absolute Gasteiger partial charge is 0.325 e. The summed E-state index contributed by atoms with van der Waals surface area (Å²) in [5.41, 5.74) is 4.20. The number of carbonyl (C=O) groups is 3. The van der Waals surface area contributed by atoms with Crippen molar-refractivity contribution in [1.29, 1.82) is 0 Å². The molecule has 1 heterocycles. The second-order valence-corrected chi connectivity index (χ2v) is 9.40. The second kappa shape index (κ2) is 10.5. The number of urea groups is 1. The zero-order chi connectivity index (χ0) is 27.7. The number of benzene rings is 3. The summed E-state index contributed by atoms with van der Waals surface area (Å²) in [6.07, 6.45) is 6.77. The van der Waals surface area contributed by atoms with E-state index in [-0.39, 0.29) is 18.5 Å². The Kier molecular flexibility index (Phi) is 6.90. The normalized spacial score (nSPS) is 12.6. The van der Waals surface area contributed by atoms with Gasteiger partial charge in [-0.3, -0.25) is 14.5 Å². The van der Waals surface area contributed by atoms with E-state index in [4.69, 9.17) is 10.8 Å². The molecule has 8 heteroatoms. The molecule has 4 amide bonds. The summed E-state index contributed by atoms with van der Waals surface area (Å²) >= 11 is 0. The van der Waals surface area contributed by atoms with E-state index in [1.807, 2.05) is 25.1 Å². The lowest BCUT2D eigenvalue weighted by Crippen LogP contribution is -2.45. The van der Waals surface area contributed by atoms with Gasteiger partial charge in [0, 0.05) is 29.6 Å². The van der Waals surface area contributed by atoms with E-state index in [0.29, 0.717) is 33.4 Å². The minimum absolute atomic E-state index is 0.0345. The van der Waals surface area contributed by atoms with Gasteiger partial charge in [-0.2, -0.15) is 0 Å². The molecule has 0 spiro atoms. The molecule has 1 saturated carbocycles. The van der Waals surface area contributed by atoms with Gasteiger partial charge < -0.3 is 15.1 Å². The fraction of sp³-hybridized carbons (Fsp3) is 0.194. The molecule has 2 N–H and O–H groups in total. The first-order valence-corrected chi connectivity index (χ1v) is 12.5. The maximum atomic E-state index is 13.5. The van der Waals surface area contributed by atoms with Crippen LogP contribution >= 0.6 is 0 Å². The Balaban J connectivity index is 1.57. The highest BCUT2D eigenvalue weighted by atomic mass is 19.1. The minimum atomic E-state index is -0.508. The van der Waals surface area contributed by atoms with Gasteiger partial charge in [0.25, 0.3) is 11.8 Å². The van der Waals surface area contributed by atoms with Crippen LogP contribution in [0.3, 0.4) is 0 Å². The van der Waals surface area contributed by atoms with Gasteiger partial charge in [-0.05, 0) is 85.0 Å². The Labute approximate surface area is 225 Å². The van der Waals surface area contributed by atoms with Crippen LogP contribution in [0, 0.1) is 25.1 Å². The van der Waals surface area contributed by atoms with Crippen LogP contribution in [0.25, 0.3) is 33.4 Å². The Morgan fingerprint density at radius 1 is 1.05 bits per heavy atom. The number of hydrogen-bond donors (Lipinski definition) is 2. The molecule has 1 aliphatic rings. The molecule has 39 heavy (non-hydrogen) atoms. The minimum Gasteiger partial charge on any atom is -0.455 e. The van der Waals surface area contributed by atoms with Crippen LogP contribution in [0.5, 0.6) is 0 Å². The van der Waals surface area contributed by atoms with Crippen molar-refractivity contribution in [3.05, 3.63) is 83.2 Å². The summed E-state index contributed by atoms with van der Waals surface area (Å²) in [4.78, 5) is 40.3. The molecule has 0 atom stereocenters. The number of nitrogens with zero attached hydrogens (tertiary/aromatic N) is 1. The maximum Gasteiger partial charge on any atom is 0.325 e. The number of terminal acetylenes is 1. The molecule has 7 nitrogen and oxygen atoms in total. The second-order valence-electron chi connectivity index (χ2n) is 9.40. The molecule has 1 aromatic heterocycles. The van der Waals surface area contributed by atoms with E-state index in [9.17, 15) is 18.8 Å². The van der Waals surface area contributed by atoms with Crippen LogP contribution in [0.2, 0.25) is 0 Å². The van der Waals surface area contributed by atoms with Gasteiger partial charge in [0.2, 0.25) is 0 Å². The highest BCUT2D eigenvalue weighted by molar-refractivity contribution is 6.12. The van der Waals surface area contributed by atoms with Gasteiger partial charge in [-0.15, -0.1) is 6.42 Å². The van der Waals surface area contributed by atoms with Crippen molar-refractivity contribution in [3.8, 4) is 34.8 Å². The highest BCUT2D eigenvalue weighted by Gasteiger charge is 2.37. The van der Waals surface area contributed by atoms with E-state index in [1.165, 1.54) is 24.1 Å². The number of fused-ring (bicyclic) bond motifs is 1. The number of imide groups is 1. The number of rotatable bonds is 6. The summed E-state index contributed by atoms with van der Waals surface area (Å²) in [5.74, 6) is 1.55. The molecule has 3 aromatic carbocycles. The molecule has 0 bridgehead atoms. The lowest BCUT2D eigenvalue weighted by atomic mass is 9.95. The average molecular weight is 524 g/mol. The first-order chi connectivity index (χ1) is 18.8. The van der Waals surface area contributed by atoms with Gasteiger partial charge in [-0.1, -0.05) is 18.1 Å². The molecule has 196 valence electrons. The molecule has 0 saturated heterocycles. The first-order valence-electron chi connectivity index (χ1n) is 12.5. The maximum absolute atomic E-state index is 13.5. The SMILES string of the molecule is C#CCNC(=O)N(C(=O)c1ccc(C)c(-c2ccc3oc(-c4ccc(F)cc4)c(C(=O)NC)c3c2)c1)C1CC1. The van der Waals surface area contributed by atoms with Gasteiger partial charge in [-0.25, -0.2) is 9.18 Å². The molecule has 0 radical (unpaired) electrons. The van der Waals surface area contributed by atoms with Crippen molar-refractivity contribution >= 4 is 28.8 Å². The van der Waals surface area contributed by atoms with Crippen LogP contribution in [-0.4, -0.2) is 42.4 Å². The van der Waals surface area contributed by atoms with Crippen LogP contribution in [-0.2, 0) is 0 Å². The van der Waals surface area contributed by atoms with Crippen molar-refractivity contribution in [2.45, 2.75) is 25.8 Å². The number of halogens is 1. The van der Waals surface area contributed by atoms with E-state index in [0.717, 1.165) is 29.5 Å². The summed E-state index contributed by atoms with van der Waals surface area (Å²) in [6, 6.07) is 15.8. The van der Waals surface area contributed by atoms with Crippen molar-refractivity contribution in [2.24, 2.45) is 0 Å². The molecule has 1 fully saturated rings. The molecular formula is C31H26FN3O4. The molecule has 1 aliphatic carbocycles. The number of furan rings is 1. The van der Waals surface area contributed by atoms with Crippen molar-refractivity contribution in [2.75, 3.05) is 13.6 Å². The Morgan fingerprint density at radius 3 is 2.44 bits per heavy atom. The van der Waals surface area contributed by atoms with E-state index < -0.39 is 17.8 Å². The lowest BCUT2D eigenvalue weighted by Gasteiger charge is -2.21. The van der Waals surface area contributed by atoms with Crippen LogP contribution in [0.15, 0.2) is 65.1 Å². The molecule has 4 aromatic rings. The average Bonchev–Trinajstić information content (AvgIpc) is 3.70. The van der Waals surface area contributed by atoms with Gasteiger partial charge >= 0.3 is 6.03 Å². The molecule has 0 aliphatic heterocycles. The first kappa shape index (κ1) is 25.7. The van der Waals surface area contributed by atoms with E-state index in [2.05, 4.69) is 16.6 Å². The summed E-state index contributed by atoms with van der Waals surface area (Å²) < 4.78 is 19.6. The third-order valence-corrected chi connectivity index (χ3v) is 6.74. The molecule has 5 rings (SSSR count). The number of nitrogens with one attached hydrogen (secondary N) is 2. The van der Waals surface area contributed by atoms with Crippen molar-refractivity contribution < 1.29 is 23.2 Å². The fourth-order valence-corrected chi connectivity index (χ4v) is 4.59. The standard InChI is InChI=1S/C31H26FN3O4/c1-4-15-34-31(38)35(23-12-13-23)30(37)21-6-5-18(2)24(17-21)20-9-14-26-25(16-20)27(29(36)33-3)28(39-26)19-7-10-22(32)11-8-19/h1,5-11,14,16-17,23H,12-13,15H2,2-3H3,(H,33,36)(H,34,38). The lowest BCUT2D eigenvalue weighted by molar-refractivity contribution is 0.0791. The van der Waals surface area contributed by atoms with Crippen LogP contribution in [0.1, 0.15) is 39.1 Å². The topological polar surface area (TPSA) is 91.7 Å². The largest absolute Gasteiger partial charge is 0.455 e. The zero-order valence-corrected chi connectivity index (χ0v) is 21.5. The monoisotopic (exact) mass is 523 g/mol. The summed E-state index contributed by atoms with van der Waals surface area (Å²) in [5, 5.41) is 5.82. The summed E-state index contributed by atoms with van der Waals surface area (Å²) in [6.45, 7) is 1.96. The van der Waals surface area contributed by atoms with E-state index in [1.54, 1.807) is 30.3 Å². The van der Waals surface area contributed by atoms with Crippen LogP contribution < -0.4 is 10.6 Å². The predicted octanol–water partition coefficient (Wildman–Crippen LogP) is 5.52. The van der Waals surface area contributed by atoms with Crippen molar-refractivity contribution in [3.63, 3.8) is 0 Å². The number of carbonyl (C=O) groups excluding carboxylic acids is 3. The highest BCUT2D eigenvalue weighted by Crippen LogP contribution is 2.37.